The van der Waals surface area contributed by atoms with E-state index in [0.717, 1.165) is 30.5 Å². The average molecular weight is 222 g/mol. The van der Waals surface area contributed by atoms with Gasteiger partial charge in [0.25, 0.3) is 0 Å². The van der Waals surface area contributed by atoms with E-state index >= 15 is 0 Å². The van der Waals surface area contributed by atoms with Gasteiger partial charge in [-0.25, -0.2) is 9.97 Å². The lowest BCUT2D eigenvalue weighted by Crippen LogP contribution is -2.20. The molecule has 1 heterocycles. The van der Waals surface area contributed by atoms with E-state index in [4.69, 9.17) is 0 Å². The summed E-state index contributed by atoms with van der Waals surface area (Å²) in [5.41, 5.74) is 0. The number of rotatable bonds is 6. The Balaban J connectivity index is 2.78. The van der Waals surface area contributed by atoms with Gasteiger partial charge in [-0.2, -0.15) is 0 Å². The molecule has 0 aromatic carbocycles. The Hall–Kier alpha value is -1.32. The lowest BCUT2D eigenvalue weighted by molar-refractivity contribution is 0.756. The Morgan fingerprint density at radius 1 is 1.31 bits per heavy atom. The van der Waals surface area contributed by atoms with Crippen LogP contribution < -0.4 is 10.2 Å². The van der Waals surface area contributed by atoms with E-state index in [1.165, 1.54) is 12.8 Å². The summed E-state index contributed by atoms with van der Waals surface area (Å²) in [6, 6.07) is 2.01. The van der Waals surface area contributed by atoms with E-state index in [2.05, 4.69) is 41.1 Å². The van der Waals surface area contributed by atoms with Crippen molar-refractivity contribution in [3.63, 3.8) is 0 Å². The van der Waals surface area contributed by atoms with Crippen LogP contribution in [0.15, 0.2) is 6.07 Å². The summed E-state index contributed by atoms with van der Waals surface area (Å²) < 4.78 is 0. The molecule has 90 valence electrons. The minimum Gasteiger partial charge on any atom is -0.370 e. The van der Waals surface area contributed by atoms with Crippen molar-refractivity contribution in [2.45, 2.75) is 33.6 Å². The van der Waals surface area contributed by atoms with Gasteiger partial charge in [0.1, 0.15) is 17.5 Å². The third-order valence-electron chi connectivity index (χ3n) is 2.42. The maximum absolute atomic E-state index is 4.44. The van der Waals surface area contributed by atoms with Crippen LogP contribution in [0.2, 0.25) is 0 Å². The van der Waals surface area contributed by atoms with Gasteiger partial charge in [-0.3, -0.25) is 0 Å². The van der Waals surface area contributed by atoms with Crippen LogP contribution in [0.25, 0.3) is 0 Å². The summed E-state index contributed by atoms with van der Waals surface area (Å²) in [6.45, 7) is 8.12. The van der Waals surface area contributed by atoms with Crippen molar-refractivity contribution in [1.29, 1.82) is 0 Å². The molecule has 0 saturated heterocycles. The van der Waals surface area contributed by atoms with Crippen LogP contribution in [-0.2, 0) is 0 Å². The third kappa shape index (κ3) is 3.68. The number of nitrogens with one attached hydrogen (secondary N) is 1. The van der Waals surface area contributed by atoms with Gasteiger partial charge in [-0.15, -0.1) is 0 Å². The maximum atomic E-state index is 4.44. The predicted octanol–water partition coefficient (Wildman–Crippen LogP) is 2.45. The number of hydrogen-bond acceptors (Lipinski definition) is 4. The molecule has 0 fully saturated rings. The van der Waals surface area contributed by atoms with Gasteiger partial charge in [-0.05, 0) is 20.3 Å². The van der Waals surface area contributed by atoms with E-state index in [-0.39, 0.29) is 0 Å². The Morgan fingerprint density at radius 2 is 2.06 bits per heavy atom. The van der Waals surface area contributed by atoms with Crippen molar-refractivity contribution >= 4 is 11.6 Å². The second kappa shape index (κ2) is 6.30. The Bertz CT molecular complexity index is 325. The van der Waals surface area contributed by atoms with E-state index in [0.29, 0.717) is 0 Å². The maximum Gasteiger partial charge on any atom is 0.134 e. The van der Waals surface area contributed by atoms with Gasteiger partial charge < -0.3 is 10.2 Å². The van der Waals surface area contributed by atoms with E-state index in [9.17, 15) is 0 Å². The van der Waals surface area contributed by atoms with Gasteiger partial charge >= 0.3 is 0 Å². The minimum atomic E-state index is 0.816. The number of anilines is 2. The smallest absolute Gasteiger partial charge is 0.134 e. The lowest BCUT2D eigenvalue weighted by atomic mass is 10.3. The number of aromatic nitrogens is 2. The summed E-state index contributed by atoms with van der Waals surface area (Å²) in [5.74, 6) is 2.72. The van der Waals surface area contributed by atoms with Gasteiger partial charge in [0.2, 0.25) is 0 Å². The van der Waals surface area contributed by atoms with Gasteiger partial charge in [-0.1, -0.05) is 13.3 Å². The Kier molecular flexibility index (Phi) is 5.02. The Labute approximate surface area is 98.1 Å². The molecule has 4 heteroatoms. The van der Waals surface area contributed by atoms with Crippen LogP contribution in [0.3, 0.4) is 0 Å². The largest absolute Gasteiger partial charge is 0.370 e. The molecule has 1 N–H and O–H groups in total. The molecule has 0 bridgehead atoms. The van der Waals surface area contributed by atoms with Crippen molar-refractivity contribution < 1.29 is 0 Å². The molecule has 0 amide bonds. The van der Waals surface area contributed by atoms with E-state index in [1.54, 1.807) is 0 Å². The fraction of sp³-hybridized carbons (Fsp3) is 0.667. The molecule has 0 aliphatic heterocycles. The minimum absolute atomic E-state index is 0.816. The first-order valence-electron chi connectivity index (χ1n) is 5.98. The molecule has 0 aliphatic rings. The predicted molar refractivity (Wildman–Crippen MR) is 69.1 cm³/mol. The molecular weight excluding hydrogens is 200 g/mol. The zero-order chi connectivity index (χ0) is 12.0. The fourth-order valence-corrected chi connectivity index (χ4v) is 1.53. The zero-order valence-electron chi connectivity index (χ0n) is 10.7. The second-order valence-corrected chi connectivity index (χ2v) is 3.96. The third-order valence-corrected chi connectivity index (χ3v) is 2.42. The molecule has 1 rings (SSSR count). The molecule has 0 aliphatic carbocycles. The van der Waals surface area contributed by atoms with Crippen LogP contribution >= 0.6 is 0 Å². The van der Waals surface area contributed by atoms with Gasteiger partial charge in [0.15, 0.2) is 0 Å². The molecule has 0 radical (unpaired) electrons. The van der Waals surface area contributed by atoms with Crippen LogP contribution in [0.5, 0.6) is 0 Å². The highest BCUT2D eigenvalue weighted by Gasteiger charge is 2.05. The first kappa shape index (κ1) is 12.7. The van der Waals surface area contributed by atoms with Crippen LogP contribution in [0.4, 0.5) is 11.6 Å². The molecule has 1 aromatic rings. The number of unbranched alkanes of at least 4 members (excludes halogenated alkanes) is 1. The first-order chi connectivity index (χ1) is 7.67. The highest BCUT2D eigenvalue weighted by Crippen LogP contribution is 2.14. The van der Waals surface area contributed by atoms with Crippen molar-refractivity contribution in [3.8, 4) is 0 Å². The van der Waals surface area contributed by atoms with Gasteiger partial charge in [0, 0.05) is 26.2 Å². The standard InChI is InChI=1S/C12H22N4/c1-5-7-8-16(4)12-9-11(13-6-2)14-10(3)15-12/h9H,5-8H2,1-4H3,(H,13,14,15). The molecule has 1 aromatic heterocycles. The number of nitrogens with zero attached hydrogens (tertiary/aromatic N) is 3. The fourth-order valence-electron chi connectivity index (χ4n) is 1.53. The summed E-state index contributed by atoms with van der Waals surface area (Å²) >= 11 is 0. The zero-order valence-corrected chi connectivity index (χ0v) is 10.7. The molecule has 0 saturated carbocycles. The van der Waals surface area contributed by atoms with E-state index < -0.39 is 0 Å². The molecular formula is C12H22N4. The summed E-state index contributed by atoms with van der Waals surface area (Å²) in [5, 5.41) is 3.22. The average Bonchev–Trinajstić information content (AvgIpc) is 2.25. The monoisotopic (exact) mass is 222 g/mol. The topological polar surface area (TPSA) is 41.0 Å². The normalized spacial score (nSPS) is 10.2. The van der Waals surface area contributed by atoms with E-state index in [1.807, 2.05) is 13.0 Å². The molecule has 4 nitrogen and oxygen atoms in total. The number of aryl methyl sites for hydroxylation is 1. The molecule has 0 atom stereocenters. The van der Waals surface area contributed by atoms with Crippen LogP contribution in [-0.4, -0.2) is 30.1 Å². The van der Waals surface area contributed by atoms with Crippen molar-refractivity contribution in [1.82, 2.24) is 9.97 Å². The molecule has 16 heavy (non-hydrogen) atoms. The summed E-state index contributed by atoms with van der Waals surface area (Å²) in [4.78, 5) is 11.0. The summed E-state index contributed by atoms with van der Waals surface area (Å²) in [7, 11) is 2.08. The lowest BCUT2D eigenvalue weighted by Gasteiger charge is -2.18. The van der Waals surface area contributed by atoms with Crippen molar-refractivity contribution in [3.05, 3.63) is 11.9 Å². The molecule has 0 spiro atoms. The van der Waals surface area contributed by atoms with Crippen LogP contribution in [0.1, 0.15) is 32.5 Å². The summed E-state index contributed by atoms with van der Waals surface area (Å²) in [6.07, 6.45) is 2.39. The van der Waals surface area contributed by atoms with Crippen molar-refractivity contribution in [2.24, 2.45) is 0 Å². The highest BCUT2D eigenvalue weighted by atomic mass is 15.2. The quantitative estimate of drug-likeness (QED) is 0.802. The van der Waals surface area contributed by atoms with Gasteiger partial charge in [0.05, 0.1) is 0 Å². The van der Waals surface area contributed by atoms with Crippen molar-refractivity contribution in [2.75, 3.05) is 30.4 Å². The second-order valence-electron chi connectivity index (χ2n) is 3.96. The SMILES string of the molecule is CCCCN(C)c1cc(NCC)nc(C)n1. The molecule has 0 unspecified atom stereocenters. The highest BCUT2D eigenvalue weighted by molar-refractivity contribution is 5.48. The van der Waals surface area contributed by atoms with Crippen LogP contribution in [0, 0.1) is 6.92 Å². The first-order valence-corrected chi connectivity index (χ1v) is 5.98. The Morgan fingerprint density at radius 3 is 2.69 bits per heavy atom. The number of hydrogen-bond donors (Lipinski definition) is 1.